The van der Waals surface area contributed by atoms with Crippen molar-refractivity contribution in [2.45, 2.75) is 37.7 Å². The van der Waals surface area contributed by atoms with Gasteiger partial charge in [-0.3, -0.25) is 0 Å². The molecule has 4 rings (SSSR count). The number of aliphatic hydroxyl groups is 1. The van der Waals surface area contributed by atoms with Gasteiger partial charge in [0.25, 0.3) is 0 Å². The molecule has 0 aliphatic carbocycles. The van der Waals surface area contributed by atoms with Gasteiger partial charge in [-0.15, -0.1) is 12.4 Å². The van der Waals surface area contributed by atoms with Crippen LogP contribution in [0, 0.1) is 6.92 Å². The van der Waals surface area contributed by atoms with E-state index in [1.165, 1.54) is 24.8 Å². The zero-order valence-corrected chi connectivity index (χ0v) is 19.9. The summed E-state index contributed by atoms with van der Waals surface area (Å²) in [4.78, 5) is 2.52. The Balaban J connectivity index is 0.00000289. The molecule has 4 heteroatoms. The molecule has 1 saturated heterocycles. The molecule has 32 heavy (non-hydrogen) atoms. The van der Waals surface area contributed by atoms with Gasteiger partial charge < -0.3 is 14.7 Å². The molecule has 1 aliphatic heterocycles. The molecule has 3 aromatic carbocycles. The van der Waals surface area contributed by atoms with E-state index in [1.54, 1.807) is 7.11 Å². The Morgan fingerprint density at radius 1 is 0.844 bits per heavy atom. The molecule has 1 fully saturated rings. The summed E-state index contributed by atoms with van der Waals surface area (Å²) in [6, 6.07) is 26.7. The first-order valence-electron chi connectivity index (χ1n) is 11.3. The Hall–Kier alpha value is -2.33. The molecule has 0 radical (unpaired) electrons. The van der Waals surface area contributed by atoms with Gasteiger partial charge in [0.15, 0.2) is 0 Å². The lowest BCUT2D eigenvalue weighted by Crippen LogP contribution is -2.43. The molecule has 3 nitrogen and oxygen atoms in total. The van der Waals surface area contributed by atoms with Gasteiger partial charge in [0.2, 0.25) is 0 Å². The van der Waals surface area contributed by atoms with E-state index in [0.29, 0.717) is 0 Å². The monoisotopic (exact) mass is 451 g/mol. The average Bonchev–Trinajstić information content (AvgIpc) is 2.84. The molecule has 0 spiro atoms. The van der Waals surface area contributed by atoms with Crippen LogP contribution in [0.15, 0.2) is 78.9 Å². The van der Waals surface area contributed by atoms with Crippen molar-refractivity contribution in [2.24, 2.45) is 0 Å². The highest BCUT2D eigenvalue weighted by atomic mass is 35.5. The van der Waals surface area contributed by atoms with Gasteiger partial charge >= 0.3 is 0 Å². The minimum Gasteiger partial charge on any atom is -0.497 e. The lowest BCUT2D eigenvalue weighted by molar-refractivity contribution is 0.0310. The molecule has 0 saturated carbocycles. The standard InChI is InChI=1S/C28H33NO2.ClH/c1-22-11-13-24(14-12-22)28(30,25-15-17-26(31-2)18-16-25)27(23-9-5-3-6-10-23)21-29-19-7-4-8-20-29;/h3,5-6,9-18,27,30H,4,7-8,19-21H2,1-2H3;1H. The SMILES string of the molecule is COc1ccc(C(O)(c2ccc(C)cc2)C(CN2CCCCC2)c2ccccc2)cc1.Cl. The van der Waals surface area contributed by atoms with Crippen LogP contribution in [0.5, 0.6) is 5.75 Å². The van der Waals surface area contributed by atoms with Gasteiger partial charge in [0, 0.05) is 12.5 Å². The van der Waals surface area contributed by atoms with Crippen LogP contribution in [0.25, 0.3) is 0 Å². The Labute approximate surface area is 198 Å². The topological polar surface area (TPSA) is 32.7 Å². The second kappa shape index (κ2) is 11.0. The van der Waals surface area contributed by atoms with E-state index in [1.807, 2.05) is 30.3 Å². The van der Waals surface area contributed by atoms with E-state index in [9.17, 15) is 5.11 Å². The fourth-order valence-corrected chi connectivity index (χ4v) is 4.79. The second-order valence-electron chi connectivity index (χ2n) is 8.69. The minimum absolute atomic E-state index is 0. The summed E-state index contributed by atoms with van der Waals surface area (Å²) >= 11 is 0. The molecular weight excluding hydrogens is 418 g/mol. The van der Waals surface area contributed by atoms with Gasteiger partial charge in [-0.05, 0) is 61.7 Å². The summed E-state index contributed by atoms with van der Waals surface area (Å²) in [5.74, 6) is 0.699. The van der Waals surface area contributed by atoms with Crippen LogP contribution in [0.4, 0.5) is 0 Å². The maximum Gasteiger partial charge on any atom is 0.123 e. The summed E-state index contributed by atoms with van der Waals surface area (Å²) in [5, 5.41) is 12.6. The van der Waals surface area contributed by atoms with Gasteiger partial charge in [-0.25, -0.2) is 0 Å². The molecule has 0 aromatic heterocycles. The Bertz CT molecular complexity index is 953. The number of halogens is 1. The zero-order valence-electron chi connectivity index (χ0n) is 19.0. The number of hydrogen-bond acceptors (Lipinski definition) is 3. The van der Waals surface area contributed by atoms with Gasteiger partial charge in [0.1, 0.15) is 11.4 Å². The van der Waals surface area contributed by atoms with Crippen molar-refractivity contribution < 1.29 is 9.84 Å². The normalized spacial score (nSPS) is 17.1. The summed E-state index contributed by atoms with van der Waals surface area (Å²) in [5.41, 5.74) is 3.01. The first kappa shape index (κ1) is 24.3. The van der Waals surface area contributed by atoms with E-state index in [0.717, 1.165) is 42.1 Å². The van der Waals surface area contributed by atoms with Crippen molar-refractivity contribution in [3.05, 3.63) is 101 Å². The second-order valence-corrected chi connectivity index (χ2v) is 8.69. The van der Waals surface area contributed by atoms with Crippen LogP contribution in [-0.2, 0) is 5.60 Å². The molecule has 3 aromatic rings. The third-order valence-electron chi connectivity index (χ3n) is 6.62. The van der Waals surface area contributed by atoms with Crippen LogP contribution in [0.1, 0.15) is 47.4 Å². The van der Waals surface area contributed by atoms with Crippen molar-refractivity contribution in [1.82, 2.24) is 4.90 Å². The predicted octanol–water partition coefficient (Wildman–Crippen LogP) is 5.93. The number of methoxy groups -OCH3 is 1. The number of hydrogen-bond donors (Lipinski definition) is 1. The van der Waals surface area contributed by atoms with E-state index < -0.39 is 5.60 Å². The first-order valence-corrected chi connectivity index (χ1v) is 11.3. The highest BCUT2D eigenvalue weighted by molar-refractivity contribution is 5.85. The van der Waals surface area contributed by atoms with Crippen LogP contribution < -0.4 is 4.74 Å². The molecule has 1 aliphatic rings. The lowest BCUT2D eigenvalue weighted by Gasteiger charge is -2.41. The maximum atomic E-state index is 12.6. The number of rotatable bonds is 7. The smallest absolute Gasteiger partial charge is 0.123 e. The molecule has 2 unspecified atom stereocenters. The molecule has 0 amide bonds. The van der Waals surface area contributed by atoms with Crippen LogP contribution in [0.3, 0.4) is 0 Å². The number of nitrogens with zero attached hydrogens (tertiary/aromatic N) is 1. The Morgan fingerprint density at radius 2 is 1.41 bits per heavy atom. The van der Waals surface area contributed by atoms with Crippen LogP contribution >= 0.6 is 12.4 Å². The maximum absolute atomic E-state index is 12.6. The Morgan fingerprint density at radius 3 is 1.97 bits per heavy atom. The Kier molecular flexibility index (Phi) is 8.36. The van der Waals surface area contributed by atoms with Gasteiger partial charge in [0.05, 0.1) is 7.11 Å². The van der Waals surface area contributed by atoms with Crippen molar-refractivity contribution in [1.29, 1.82) is 0 Å². The third-order valence-corrected chi connectivity index (χ3v) is 6.62. The minimum atomic E-state index is -1.15. The zero-order chi connectivity index (χ0) is 21.7. The lowest BCUT2D eigenvalue weighted by atomic mass is 9.72. The summed E-state index contributed by atoms with van der Waals surface area (Å²) in [6.45, 7) is 5.09. The number of ether oxygens (including phenoxy) is 1. The number of aryl methyl sites for hydroxylation is 1. The molecular formula is C28H34ClNO2. The van der Waals surface area contributed by atoms with Gasteiger partial charge in [-0.1, -0.05) is 78.7 Å². The van der Waals surface area contributed by atoms with E-state index in [2.05, 4.69) is 60.4 Å². The van der Waals surface area contributed by atoms with Crippen molar-refractivity contribution in [2.75, 3.05) is 26.7 Å². The van der Waals surface area contributed by atoms with Gasteiger partial charge in [-0.2, -0.15) is 0 Å². The van der Waals surface area contributed by atoms with Crippen LogP contribution in [0.2, 0.25) is 0 Å². The molecule has 2 atom stereocenters. The van der Waals surface area contributed by atoms with Crippen LogP contribution in [-0.4, -0.2) is 36.8 Å². The van der Waals surface area contributed by atoms with E-state index in [4.69, 9.17) is 4.74 Å². The predicted molar refractivity (Wildman–Crippen MR) is 134 cm³/mol. The first-order chi connectivity index (χ1) is 15.1. The number of piperidine rings is 1. The quantitative estimate of drug-likeness (QED) is 0.483. The fourth-order valence-electron chi connectivity index (χ4n) is 4.79. The number of likely N-dealkylation sites (tertiary alicyclic amines) is 1. The summed E-state index contributed by atoms with van der Waals surface area (Å²) in [6.07, 6.45) is 3.76. The average molecular weight is 452 g/mol. The highest BCUT2D eigenvalue weighted by Gasteiger charge is 2.42. The molecule has 1 heterocycles. The summed E-state index contributed by atoms with van der Waals surface area (Å²) in [7, 11) is 1.67. The van der Waals surface area contributed by atoms with Crippen molar-refractivity contribution >= 4 is 12.4 Å². The van der Waals surface area contributed by atoms with E-state index in [-0.39, 0.29) is 18.3 Å². The van der Waals surface area contributed by atoms with Crippen molar-refractivity contribution in [3.8, 4) is 5.75 Å². The van der Waals surface area contributed by atoms with E-state index >= 15 is 0 Å². The van der Waals surface area contributed by atoms with Crippen molar-refractivity contribution in [3.63, 3.8) is 0 Å². The molecule has 170 valence electrons. The fraction of sp³-hybridized carbons (Fsp3) is 0.357. The third kappa shape index (κ3) is 5.17. The largest absolute Gasteiger partial charge is 0.497 e. The molecule has 0 bridgehead atoms. The summed E-state index contributed by atoms with van der Waals surface area (Å²) < 4.78 is 5.38. The number of benzene rings is 3. The molecule has 1 N–H and O–H groups in total. The highest BCUT2D eigenvalue weighted by Crippen LogP contribution is 2.44.